The minimum Gasteiger partial charge on any atom is -0.397 e. The first-order valence-electron chi connectivity index (χ1n) is 4.46. The lowest BCUT2D eigenvalue weighted by molar-refractivity contribution is -0.176. The van der Waals surface area contributed by atoms with E-state index in [9.17, 15) is 0 Å². The van der Waals surface area contributed by atoms with Crippen molar-refractivity contribution in [1.29, 1.82) is 0 Å². The molecule has 0 heterocycles. The van der Waals surface area contributed by atoms with Crippen LogP contribution in [0.1, 0.15) is 25.3 Å². The average molecular weight is 212 g/mol. The molecule has 0 aliphatic rings. The van der Waals surface area contributed by atoms with E-state index in [1.807, 2.05) is 18.2 Å². The summed E-state index contributed by atoms with van der Waals surface area (Å²) in [6, 6.07) is 5.76. The zero-order valence-electron chi connectivity index (χ0n) is 9.27. The number of hydrogen-bond acceptors (Lipinski definition) is 4. The minimum atomic E-state index is 0.443. The van der Waals surface area contributed by atoms with E-state index in [0.29, 0.717) is 11.6 Å². The van der Waals surface area contributed by atoms with Crippen LogP contribution >= 0.6 is 0 Å². The highest BCUT2D eigenvalue weighted by Gasteiger charge is 2.04. The highest BCUT2D eigenvalue weighted by Crippen LogP contribution is 2.25. The summed E-state index contributed by atoms with van der Waals surface area (Å²) in [5, 5.41) is 12.0. The van der Waals surface area contributed by atoms with Crippen LogP contribution in [0.5, 0.6) is 0 Å². The van der Waals surface area contributed by atoms with Crippen LogP contribution in [0.25, 0.3) is 0 Å². The topological polar surface area (TPSA) is 92.5 Å². The molecule has 0 atom stereocenters. The summed E-state index contributed by atoms with van der Waals surface area (Å²) in [5.74, 6) is 0.443. The van der Waals surface area contributed by atoms with Crippen molar-refractivity contribution < 1.29 is 10.5 Å². The van der Waals surface area contributed by atoms with Crippen molar-refractivity contribution in [3.63, 3.8) is 0 Å². The Morgan fingerprint density at radius 2 is 1.60 bits per heavy atom. The molecule has 0 radical (unpaired) electrons. The molecule has 0 aliphatic carbocycles. The van der Waals surface area contributed by atoms with Crippen LogP contribution in [0.2, 0.25) is 0 Å². The number of benzene rings is 1. The van der Waals surface area contributed by atoms with E-state index in [1.165, 1.54) is 0 Å². The molecule has 86 valence electrons. The lowest BCUT2D eigenvalue weighted by Gasteiger charge is -2.10. The number of nitrogens with two attached hydrogens (primary N) is 2. The van der Waals surface area contributed by atoms with Crippen LogP contribution in [0, 0.1) is 0 Å². The van der Waals surface area contributed by atoms with Crippen LogP contribution in [0.4, 0.5) is 11.4 Å². The number of hydrogen-bond donors (Lipinski definition) is 4. The van der Waals surface area contributed by atoms with Gasteiger partial charge in [0.15, 0.2) is 0 Å². The van der Waals surface area contributed by atoms with Gasteiger partial charge in [-0.05, 0) is 17.5 Å². The quantitative estimate of drug-likeness (QED) is 0.249. The lowest BCUT2D eigenvalue weighted by atomic mass is 10.0. The Labute approximate surface area is 90.8 Å². The van der Waals surface area contributed by atoms with Gasteiger partial charge >= 0.3 is 0 Å². The number of nitrogen functional groups attached to an aromatic ring is 2. The van der Waals surface area contributed by atoms with Crippen molar-refractivity contribution in [2.45, 2.75) is 19.8 Å². The van der Waals surface area contributed by atoms with E-state index in [2.05, 4.69) is 27.0 Å². The van der Waals surface area contributed by atoms with Gasteiger partial charge in [-0.25, -0.2) is 0 Å². The molecule has 0 aromatic heterocycles. The van der Waals surface area contributed by atoms with Gasteiger partial charge in [0.05, 0.1) is 11.4 Å². The maximum atomic E-state index is 6.00. The van der Waals surface area contributed by atoms with Gasteiger partial charge < -0.3 is 11.5 Å². The van der Waals surface area contributed by atoms with Crippen LogP contribution in [-0.4, -0.2) is 10.5 Å². The van der Waals surface area contributed by atoms with Gasteiger partial charge in [0.1, 0.15) is 0 Å². The van der Waals surface area contributed by atoms with Crippen LogP contribution in [-0.2, 0) is 0 Å². The SMILES string of the molecule is C=C.CC(C)c1cccc(N)c1N.OO. The van der Waals surface area contributed by atoms with E-state index >= 15 is 0 Å². The highest BCUT2D eigenvalue weighted by atomic mass is 17.0. The van der Waals surface area contributed by atoms with Gasteiger partial charge in [0.25, 0.3) is 0 Å². The van der Waals surface area contributed by atoms with Crippen LogP contribution in [0.3, 0.4) is 0 Å². The van der Waals surface area contributed by atoms with Crippen LogP contribution in [0.15, 0.2) is 31.4 Å². The van der Waals surface area contributed by atoms with Gasteiger partial charge in [-0.2, -0.15) is 0 Å². The van der Waals surface area contributed by atoms with Gasteiger partial charge in [-0.1, -0.05) is 26.0 Å². The van der Waals surface area contributed by atoms with Crippen molar-refractivity contribution in [1.82, 2.24) is 0 Å². The molecule has 1 aromatic carbocycles. The molecule has 0 aliphatic heterocycles. The Morgan fingerprint density at radius 1 is 1.13 bits per heavy atom. The largest absolute Gasteiger partial charge is 0.397 e. The normalized spacial score (nSPS) is 8.33. The Morgan fingerprint density at radius 3 is 1.93 bits per heavy atom. The molecule has 1 rings (SSSR count). The predicted octanol–water partition coefficient (Wildman–Crippen LogP) is 2.79. The molecule has 0 unspecified atom stereocenters. The Bertz CT molecular complexity index is 275. The zero-order chi connectivity index (χ0) is 12.4. The van der Waals surface area contributed by atoms with E-state index in [4.69, 9.17) is 22.0 Å². The maximum absolute atomic E-state index is 6.00. The number of para-hydroxylation sites is 1. The van der Waals surface area contributed by atoms with E-state index in [1.54, 1.807) is 0 Å². The molecule has 0 fully saturated rings. The zero-order valence-corrected chi connectivity index (χ0v) is 9.27. The average Bonchev–Trinajstić information content (AvgIpc) is 2.27. The number of anilines is 2. The summed E-state index contributed by atoms with van der Waals surface area (Å²) in [6.07, 6.45) is 0. The first-order chi connectivity index (χ1) is 7.13. The Hall–Kier alpha value is -1.52. The summed E-state index contributed by atoms with van der Waals surface area (Å²) < 4.78 is 0. The summed E-state index contributed by atoms with van der Waals surface area (Å²) in [6.45, 7) is 10.2. The molecule has 4 nitrogen and oxygen atoms in total. The number of rotatable bonds is 1. The van der Waals surface area contributed by atoms with Gasteiger partial charge in [0.2, 0.25) is 0 Å². The third kappa shape index (κ3) is 5.05. The van der Waals surface area contributed by atoms with Crippen LogP contribution < -0.4 is 11.5 Å². The van der Waals surface area contributed by atoms with Crippen molar-refractivity contribution in [3.8, 4) is 0 Å². The lowest BCUT2D eigenvalue weighted by Crippen LogP contribution is -2.00. The molecule has 6 N–H and O–H groups in total. The van der Waals surface area contributed by atoms with Crippen molar-refractivity contribution in [3.05, 3.63) is 36.9 Å². The molecular weight excluding hydrogens is 192 g/mol. The molecule has 4 heteroatoms. The Kier molecular flexibility index (Phi) is 9.61. The molecule has 0 spiro atoms. The highest BCUT2D eigenvalue weighted by molar-refractivity contribution is 5.67. The third-order valence-electron chi connectivity index (χ3n) is 1.80. The van der Waals surface area contributed by atoms with E-state index in [-0.39, 0.29) is 0 Å². The third-order valence-corrected chi connectivity index (χ3v) is 1.80. The Balaban J connectivity index is 0. The fraction of sp³-hybridized carbons (Fsp3) is 0.273. The van der Waals surface area contributed by atoms with Gasteiger partial charge in [-0.15, -0.1) is 13.2 Å². The standard InChI is InChI=1S/C9H14N2.C2H4.H2O2/c1-6(2)7-4-3-5-8(10)9(7)11;2*1-2/h3-6H,10-11H2,1-2H3;1-2H2;1-2H. The van der Waals surface area contributed by atoms with E-state index < -0.39 is 0 Å². The molecule has 0 amide bonds. The maximum Gasteiger partial charge on any atom is 0.0582 e. The second kappa shape index (κ2) is 9.05. The van der Waals surface area contributed by atoms with Gasteiger partial charge in [-0.3, -0.25) is 10.5 Å². The molecule has 0 saturated carbocycles. The fourth-order valence-electron chi connectivity index (χ4n) is 1.11. The smallest absolute Gasteiger partial charge is 0.0582 e. The fourth-order valence-corrected chi connectivity index (χ4v) is 1.11. The molecular formula is C11H20N2O2. The van der Waals surface area contributed by atoms with Gasteiger partial charge in [0, 0.05) is 0 Å². The molecule has 0 bridgehead atoms. The second-order valence-electron chi connectivity index (χ2n) is 3.00. The summed E-state index contributed by atoms with van der Waals surface area (Å²) in [5.41, 5.74) is 13.9. The minimum absolute atomic E-state index is 0.443. The monoisotopic (exact) mass is 212 g/mol. The molecule has 0 saturated heterocycles. The second-order valence-corrected chi connectivity index (χ2v) is 3.00. The van der Waals surface area contributed by atoms with Crippen molar-refractivity contribution in [2.75, 3.05) is 11.5 Å². The first-order valence-corrected chi connectivity index (χ1v) is 4.46. The predicted molar refractivity (Wildman–Crippen MR) is 65.9 cm³/mol. The first kappa shape index (κ1) is 15.9. The molecule has 1 aromatic rings. The summed E-state index contributed by atoms with van der Waals surface area (Å²) >= 11 is 0. The summed E-state index contributed by atoms with van der Waals surface area (Å²) in [7, 11) is 0. The van der Waals surface area contributed by atoms with Crippen molar-refractivity contribution in [2.24, 2.45) is 0 Å². The molecule has 15 heavy (non-hydrogen) atoms. The van der Waals surface area contributed by atoms with E-state index in [0.717, 1.165) is 11.3 Å². The van der Waals surface area contributed by atoms with Crippen molar-refractivity contribution >= 4 is 11.4 Å². The summed E-state index contributed by atoms with van der Waals surface area (Å²) in [4.78, 5) is 0.